The Hall–Kier alpha value is -2.18. The molecule has 2 heterocycles. The Labute approximate surface area is 189 Å². The number of esters is 1. The molecule has 6 heteroatoms. The van der Waals surface area contributed by atoms with Gasteiger partial charge < -0.3 is 19.9 Å². The number of nitrogens with one attached hydrogen (secondary N) is 1. The molecule has 2 bridgehead atoms. The fraction of sp³-hybridized carbons (Fsp3) is 0.615. The predicted molar refractivity (Wildman–Crippen MR) is 119 cm³/mol. The fourth-order valence-electron chi connectivity index (χ4n) is 6.84. The number of fused-ring (bicyclic) bond motifs is 4. The lowest BCUT2D eigenvalue weighted by Crippen LogP contribution is -2.62. The Balaban J connectivity index is 1.45. The average Bonchev–Trinajstić information content (AvgIpc) is 3.52. The molecule has 2 aliphatic carbocycles. The predicted octanol–water partition coefficient (Wildman–Crippen LogP) is 3.09. The van der Waals surface area contributed by atoms with Gasteiger partial charge in [-0.2, -0.15) is 0 Å². The molecule has 6 unspecified atom stereocenters. The molecular weight excluding hydrogens is 406 g/mol. The number of benzene rings is 1. The first kappa shape index (κ1) is 21.7. The Bertz CT molecular complexity index is 912. The molecule has 0 spiro atoms. The molecule has 5 rings (SSSR count). The Morgan fingerprint density at radius 2 is 1.97 bits per heavy atom. The third kappa shape index (κ3) is 3.48. The first-order chi connectivity index (χ1) is 15.4. The van der Waals surface area contributed by atoms with E-state index in [4.69, 9.17) is 9.47 Å². The van der Waals surface area contributed by atoms with Gasteiger partial charge in [0.15, 0.2) is 0 Å². The van der Waals surface area contributed by atoms with Crippen LogP contribution in [0.5, 0.6) is 0 Å². The number of hydrogen-bond donors (Lipinski definition) is 2. The van der Waals surface area contributed by atoms with Crippen LogP contribution >= 0.6 is 0 Å². The summed E-state index contributed by atoms with van der Waals surface area (Å²) in [4.78, 5) is 25.1. The highest BCUT2D eigenvalue weighted by Gasteiger charge is 2.73. The third-order valence-electron chi connectivity index (χ3n) is 8.45. The fourth-order valence-corrected chi connectivity index (χ4v) is 6.84. The molecule has 2 aliphatic heterocycles. The van der Waals surface area contributed by atoms with Gasteiger partial charge in [0.05, 0.1) is 11.6 Å². The van der Waals surface area contributed by atoms with Gasteiger partial charge >= 0.3 is 5.97 Å². The minimum atomic E-state index is -0.571. The molecule has 6 nitrogen and oxygen atoms in total. The molecule has 1 aromatic carbocycles. The van der Waals surface area contributed by atoms with E-state index >= 15 is 0 Å². The van der Waals surface area contributed by atoms with Crippen molar-refractivity contribution >= 4 is 18.0 Å². The quantitative estimate of drug-likeness (QED) is 0.526. The van der Waals surface area contributed by atoms with Crippen molar-refractivity contribution in [1.29, 1.82) is 0 Å². The van der Waals surface area contributed by atoms with Gasteiger partial charge in [0.2, 0.25) is 5.91 Å². The van der Waals surface area contributed by atoms with Gasteiger partial charge in [-0.25, -0.2) is 4.79 Å². The van der Waals surface area contributed by atoms with Crippen LogP contribution in [0.1, 0.15) is 51.5 Å². The van der Waals surface area contributed by atoms with Crippen LogP contribution in [0.25, 0.3) is 6.08 Å². The zero-order valence-corrected chi connectivity index (χ0v) is 18.8. The largest absolute Gasteiger partial charge is 0.456 e. The van der Waals surface area contributed by atoms with Crippen LogP contribution in [-0.2, 0) is 19.1 Å². The molecule has 2 saturated heterocycles. The SMILES string of the molecule is CC1CCC2C1[C@H](OC(=O)/C=C/c1ccccc1)C1(C3CC3)CC(NC(=O)CO)C2(C)O1. The summed E-state index contributed by atoms with van der Waals surface area (Å²) in [5.41, 5.74) is -0.127. The van der Waals surface area contributed by atoms with E-state index in [9.17, 15) is 14.7 Å². The van der Waals surface area contributed by atoms with Gasteiger partial charge in [-0.1, -0.05) is 37.3 Å². The van der Waals surface area contributed by atoms with E-state index in [0.717, 1.165) is 31.2 Å². The van der Waals surface area contributed by atoms with Gasteiger partial charge in [0.25, 0.3) is 0 Å². The summed E-state index contributed by atoms with van der Waals surface area (Å²) in [7, 11) is 0. The van der Waals surface area contributed by atoms with Gasteiger partial charge in [-0.3, -0.25) is 4.79 Å². The molecule has 2 N–H and O–H groups in total. The number of aliphatic hydroxyl groups excluding tert-OH is 1. The zero-order valence-electron chi connectivity index (χ0n) is 18.8. The Kier molecular flexibility index (Phi) is 5.41. The van der Waals surface area contributed by atoms with Gasteiger partial charge in [-0.15, -0.1) is 0 Å². The van der Waals surface area contributed by atoms with Crippen LogP contribution in [0.3, 0.4) is 0 Å². The lowest BCUT2D eigenvalue weighted by molar-refractivity contribution is -0.252. The topological polar surface area (TPSA) is 84.9 Å². The van der Waals surface area contributed by atoms with Crippen molar-refractivity contribution in [1.82, 2.24) is 5.32 Å². The maximum Gasteiger partial charge on any atom is 0.331 e. The van der Waals surface area contributed by atoms with E-state index in [-0.39, 0.29) is 35.9 Å². The highest BCUT2D eigenvalue weighted by atomic mass is 16.6. The molecule has 4 fully saturated rings. The second kappa shape index (κ2) is 7.99. The number of carbonyl (C=O) groups is 2. The molecule has 1 aromatic rings. The van der Waals surface area contributed by atoms with Gasteiger partial charge in [0, 0.05) is 18.4 Å². The maximum atomic E-state index is 13.0. The van der Waals surface area contributed by atoms with E-state index < -0.39 is 17.8 Å². The summed E-state index contributed by atoms with van der Waals surface area (Å²) in [5, 5.41) is 12.4. The highest BCUT2D eigenvalue weighted by Crippen LogP contribution is 2.65. The smallest absolute Gasteiger partial charge is 0.331 e. The normalized spacial score (nSPS) is 40.3. The summed E-state index contributed by atoms with van der Waals surface area (Å²) in [6.45, 7) is 3.83. The molecule has 7 atom stereocenters. The number of rotatable bonds is 6. The van der Waals surface area contributed by atoms with Gasteiger partial charge in [0.1, 0.15) is 18.3 Å². The van der Waals surface area contributed by atoms with Crippen molar-refractivity contribution in [3.05, 3.63) is 42.0 Å². The van der Waals surface area contributed by atoms with E-state index in [2.05, 4.69) is 19.2 Å². The summed E-state index contributed by atoms with van der Waals surface area (Å²) < 4.78 is 13.1. The minimum absolute atomic E-state index is 0.191. The lowest BCUT2D eigenvalue weighted by Gasteiger charge is -2.52. The maximum absolute atomic E-state index is 13.0. The second-order valence-corrected chi connectivity index (χ2v) is 10.3. The number of amides is 1. The van der Waals surface area contributed by atoms with E-state index in [1.165, 1.54) is 6.08 Å². The van der Waals surface area contributed by atoms with Crippen molar-refractivity contribution in [2.45, 2.75) is 69.3 Å². The first-order valence-corrected chi connectivity index (χ1v) is 11.9. The molecule has 2 saturated carbocycles. The first-order valence-electron chi connectivity index (χ1n) is 11.9. The summed E-state index contributed by atoms with van der Waals surface area (Å²) >= 11 is 0. The molecule has 32 heavy (non-hydrogen) atoms. The van der Waals surface area contributed by atoms with Crippen molar-refractivity contribution in [2.75, 3.05) is 6.61 Å². The second-order valence-electron chi connectivity index (χ2n) is 10.3. The lowest BCUT2D eigenvalue weighted by atomic mass is 9.70. The van der Waals surface area contributed by atoms with Crippen molar-refractivity contribution in [3.8, 4) is 0 Å². The summed E-state index contributed by atoms with van der Waals surface area (Å²) in [6.07, 6.45) is 7.75. The zero-order chi connectivity index (χ0) is 22.5. The molecule has 0 radical (unpaired) electrons. The van der Waals surface area contributed by atoms with Crippen LogP contribution in [0.15, 0.2) is 36.4 Å². The molecule has 4 aliphatic rings. The number of hydrogen-bond acceptors (Lipinski definition) is 5. The van der Waals surface area contributed by atoms with Gasteiger partial charge in [-0.05, 0) is 62.0 Å². The molecular formula is C26H33NO5. The molecule has 1 amide bonds. The number of ether oxygens (including phenoxy) is 2. The Morgan fingerprint density at radius 1 is 1.22 bits per heavy atom. The van der Waals surface area contributed by atoms with Crippen LogP contribution in [0.4, 0.5) is 0 Å². The molecule has 172 valence electrons. The van der Waals surface area contributed by atoms with E-state index in [1.807, 2.05) is 30.3 Å². The van der Waals surface area contributed by atoms with Crippen molar-refractivity contribution in [3.63, 3.8) is 0 Å². The van der Waals surface area contributed by atoms with Crippen LogP contribution in [0.2, 0.25) is 0 Å². The standard InChI is InChI=1S/C26H33NO5/c1-16-8-12-19-23(16)24(31-22(30)13-9-17-6-4-3-5-7-17)26(18-10-11-18)14-20(25(19,2)32-26)27-21(29)15-28/h3-7,9,13,16,18-20,23-24,28H,8,10-12,14-15H2,1-2H3,(H,27,29)/b13-9+/t16?,19?,20?,23?,24-,25?,26?/m0/s1. The van der Waals surface area contributed by atoms with Crippen LogP contribution in [0, 0.1) is 23.7 Å². The summed E-state index contributed by atoms with van der Waals surface area (Å²) in [5.74, 6) is 0.449. The molecule has 0 aromatic heterocycles. The van der Waals surface area contributed by atoms with E-state index in [0.29, 0.717) is 18.3 Å². The number of aliphatic hydroxyl groups is 1. The third-order valence-corrected chi connectivity index (χ3v) is 8.45. The average molecular weight is 440 g/mol. The summed E-state index contributed by atoms with van der Waals surface area (Å²) in [6, 6.07) is 9.53. The highest BCUT2D eigenvalue weighted by molar-refractivity contribution is 5.87. The van der Waals surface area contributed by atoms with Crippen LogP contribution < -0.4 is 5.32 Å². The number of carbonyl (C=O) groups excluding carboxylic acids is 2. The van der Waals surface area contributed by atoms with Crippen LogP contribution in [-0.4, -0.2) is 46.9 Å². The minimum Gasteiger partial charge on any atom is -0.456 e. The van der Waals surface area contributed by atoms with E-state index in [1.54, 1.807) is 6.08 Å². The van der Waals surface area contributed by atoms with Crippen molar-refractivity contribution < 1.29 is 24.2 Å². The Morgan fingerprint density at radius 3 is 2.66 bits per heavy atom. The van der Waals surface area contributed by atoms with Crippen molar-refractivity contribution in [2.24, 2.45) is 23.7 Å². The monoisotopic (exact) mass is 439 g/mol.